The van der Waals surface area contributed by atoms with Gasteiger partial charge in [0.15, 0.2) is 5.82 Å². The lowest BCUT2D eigenvalue weighted by Crippen LogP contribution is -2.35. The van der Waals surface area contributed by atoms with Gasteiger partial charge in [0.2, 0.25) is 0 Å². The molecule has 2 aromatic heterocycles. The average Bonchev–Trinajstić information content (AvgIpc) is 3.26. The number of aryl methyl sites for hydroxylation is 1. The molecular weight excluding hydrogens is 466 g/mol. The first kappa shape index (κ1) is 21.6. The van der Waals surface area contributed by atoms with Crippen molar-refractivity contribution < 1.29 is 22.9 Å². The third-order valence-corrected chi connectivity index (χ3v) is 5.28. The summed E-state index contributed by atoms with van der Waals surface area (Å²) in [6, 6.07) is 3.13. The summed E-state index contributed by atoms with van der Waals surface area (Å²) in [5.41, 5.74) is 1.01. The molecule has 0 fully saturated rings. The molecule has 2 heterocycles. The van der Waals surface area contributed by atoms with Gasteiger partial charge in [-0.25, -0.2) is 8.78 Å². The maximum Gasteiger partial charge on any atom is 0.316 e. The number of carbonyl (C=O) groups is 2. The molecule has 3 aromatic rings. The van der Waals surface area contributed by atoms with Crippen LogP contribution in [0.3, 0.4) is 0 Å². The Bertz CT molecular complexity index is 1080. The summed E-state index contributed by atoms with van der Waals surface area (Å²) in [4.78, 5) is 28.0. The molecule has 0 saturated carbocycles. The van der Waals surface area contributed by atoms with Gasteiger partial charge in [-0.2, -0.15) is 10.1 Å². The van der Waals surface area contributed by atoms with E-state index in [1.807, 2.05) is 13.8 Å². The van der Waals surface area contributed by atoms with Crippen molar-refractivity contribution in [2.45, 2.75) is 20.4 Å². The fraction of sp³-hybridized carbons (Fsp3) is 0.278. The van der Waals surface area contributed by atoms with Crippen molar-refractivity contribution in [3.8, 4) is 0 Å². The Labute approximate surface area is 178 Å². The van der Waals surface area contributed by atoms with E-state index in [2.05, 4.69) is 41.8 Å². The molecule has 9 nitrogen and oxygen atoms in total. The number of benzene rings is 1. The number of nitrogens with one attached hydrogen (secondary N) is 2. The first-order valence-electron chi connectivity index (χ1n) is 8.80. The van der Waals surface area contributed by atoms with Gasteiger partial charge >= 0.3 is 11.8 Å². The molecule has 0 aliphatic heterocycles. The maximum atomic E-state index is 13.6. The average molecular weight is 483 g/mol. The topological polar surface area (TPSA) is 115 Å². The van der Waals surface area contributed by atoms with E-state index in [0.717, 1.165) is 34.1 Å². The normalized spacial score (nSPS) is 10.8. The molecule has 0 atom stereocenters. The van der Waals surface area contributed by atoms with Crippen molar-refractivity contribution >= 4 is 27.7 Å². The number of aromatic nitrogens is 4. The first-order valence-corrected chi connectivity index (χ1v) is 9.59. The standard InChI is InChI=1S/C18H17BrF2N6O3/c1-9-15(19)10(2)27(25-9)8-13-24-18(30-26-13)17(29)23-7-6-22-16(28)14-11(20)4-3-5-12(14)21/h3-5H,6-8H2,1-2H3,(H,22,28)(H,23,29). The lowest BCUT2D eigenvalue weighted by molar-refractivity contribution is 0.0896. The summed E-state index contributed by atoms with van der Waals surface area (Å²) >= 11 is 3.43. The van der Waals surface area contributed by atoms with Crippen LogP contribution in [-0.4, -0.2) is 44.8 Å². The molecule has 0 saturated heterocycles. The number of nitrogens with zero attached hydrogens (tertiary/aromatic N) is 4. The van der Waals surface area contributed by atoms with E-state index in [1.165, 1.54) is 0 Å². The predicted octanol–water partition coefficient (Wildman–Crippen LogP) is 2.13. The Morgan fingerprint density at radius 2 is 1.77 bits per heavy atom. The molecule has 12 heteroatoms. The Hall–Kier alpha value is -3.15. The van der Waals surface area contributed by atoms with Crippen LogP contribution in [-0.2, 0) is 6.54 Å². The van der Waals surface area contributed by atoms with Crippen molar-refractivity contribution in [3.63, 3.8) is 0 Å². The van der Waals surface area contributed by atoms with E-state index in [0.29, 0.717) is 0 Å². The quantitative estimate of drug-likeness (QED) is 0.498. The molecule has 30 heavy (non-hydrogen) atoms. The van der Waals surface area contributed by atoms with E-state index in [1.54, 1.807) is 4.68 Å². The molecule has 3 rings (SSSR count). The van der Waals surface area contributed by atoms with Gasteiger partial charge < -0.3 is 15.2 Å². The molecule has 0 aliphatic carbocycles. The van der Waals surface area contributed by atoms with Crippen molar-refractivity contribution in [2.24, 2.45) is 0 Å². The number of halogens is 3. The van der Waals surface area contributed by atoms with Gasteiger partial charge in [0.25, 0.3) is 5.91 Å². The smallest absolute Gasteiger partial charge is 0.316 e. The minimum Gasteiger partial charge on any atom is -0.350 e. The third kappa shape index (κ3) is 4.70. The highest BCUT2D eigenvalue weighted by Crippen LogP contribution is 2.20. The SMILES string of the molecule is Cc1nn(Cc2noc(C(=O)NCCNC(=O)c3c(F)cccc3F)n2)c(C)c1Br. The zero-order valence-electron chi connectivity index (χ0n) is 16.0. The molecule has 0 bridgehead atoms. The van der Waals surface area contributed by atoms with Crippen LogP contribution in [0.2, 0.25) is 0 Å². The van der Waals surface area contributed by atoms with Crippen LogP contribution >= 0.6 is 15.9 Å². The molecule has 0 unspecified atom stereocenters. The van der Waals surface area contributed by atoms with Gasteiger partial charge in [-0.15, -0.1) is 0 Å². The Morgan fingerprint density at radius 1 is 1.13 bits per heavy atom. The highest BCUT2D eigenvalue weighted by molar-refractivity contribution is 9.10. The van der Waals surface area contributed by atoms with Crippen LogP contribution in [0, 0.1) is 25.5 Å². The van der Waals surface area contributed by atoms with E-state index < -0.39 is 29.0 Å². The van der Waals surface area contributed by atoms with Crippen LogP contribution in [0.25, 0.3) is 0 Å². The fourth-order valence-corrected chi connectivity index (χ4v) is 2.89. The van der Waals surface area contributed by atoms with Crippen molar-refractivity contribution in [3.05, 3.63) is 63.0 Å². The number of amides is 2. The fourth-order valence-electron chi connectivity index (χ4n) is 2.60. The lowest BCUT2D eigenvalue weighted by atomic mass is 10.2. The zero-order valence-corrected chi connectivity index (χ0v) is 17.6. The molecule has 2 amide bonds. The van der Waals surface area contributed by atoms with Crippen LogP contribution in [0.1, 0.15) is 38.3 Å². The van der Waals surface area contributed by atoms with Crippen molar-refractivity contribution in [1.29, 1.82) is 0 Å². The molecule has 158 valence electrons. The summed E-state index contributed by atoms with van der Waals surface area (Å²) < 4.78 is 34.6. The zero-order chi connectivity index (χ0) is 21.8. The van der Waals surface area contributed by atoms with Crippen LogP contribution in [0.4, 0.5) is 8.78 Å². The van der Waals surface area contributed by atoms with Gasteiger partial charge in [-0.05, 0) is 41.9 Å². The van der Waals surface area contributed by atoms with Crippen LogP contribution in [0.15, 0.2) is 27.2 Å². The molecule has 0 aliphatic rings. The van der Waals surface area contributed by atoms with E-state index in [9.17, 15) is 18.4 Å². The van der Waals surface area contributed by atoms with Crippen molar-refractivity contribution in [1.82, 2.24) is 30.6 Å². The Kier molecular flexibility index (Phi) is 6.55. The Balaban J connectivity index is 1.50. The largest absolute Gasteiger partial charge is 0.350 e. The summed E-state index contributed by atoms with van der Waals surface area (Å²) in [5.74, 6) is -3.49. The summed E-state index contributed by atoms with van der Waals surface area (Å²) in [5, 5.41) is 12.9. The maximum absolute atomic E-state index is 13.6. The molecule has 0 spiro atoms. The van der Waals surface area contributed by atoms with Crippen LogP contribution in [0.5, 0.6) is 0 Å². The van der Waals surface area contributed by atoms with Gasteiger partial charge in [0.1, 0.15) is 23.7 Å². The molecular formula is C18H17BrF2N6O3. The second-order valence-electron chi connectivity index (χ2n) is 6.27. The van der Waals surface area contributed by atoms with E-state index in [4.69, 9.17) is 4.52 Å². The molecule has 2 N–H and O–H groups in total. The second kappa shape index (κ2) is 9.11. The van der Waals surface area contributed by atoms with Gasteiger partial charge in [-0.3, -0.25) is 14.3 Å². The number of carbonyl (C=O) groups excluding carboxylic acids is 2. The summed E-state index contributed by atoms with van der Waals surface area (Å²) in [6.45, 7) is 3.88. The van der Waals surface area contributed by atoms with Gasteiger partial charge in [0, 0.05) is 13.1 Å². The lowest BCUT2D eigenvalue weighted by Gasteiger charge is -2.07. The number of hydrogen-bond acceptors (Lipinski definition) is 6. The monoisotopic (exact) mass is 482 g/mol. The van der Waals surface area contributed by atoms with Crippen LogP contribution < -0.4 is 10.6 Å². The highest BCUT2D eigenvalue weighted by Gasteiger charge is 2.18. The minimum absolute atomic E-state index is 0.0111. The molecule has 0 radical (unpaired) electrons. The van der Waals surface area contributed by atoms with E-state index in [-0.39, 0.29) is 31.3 Å². The summed E-state index contributed by atoms with van der Waals surface area (Å²) in [6.07, 6.45) is 0. The highest BCUT2D eigenvalue weighted by atomic mass is 79.9. The van der Waals surface area contributed by atoms with Crippen molar-refractivity contribution in [2.75, 3.05) is 13.1 Å². The minimum atomic E-state index is -0.968. The predicted molar refractivity (Wildman–Crippen MR) is 104 cm³/mol. The molecule has 1 aromatic carbocycles. The second-order valence-corrected chi connectivity index (χ2v) is 7.06. The van der Waals surface area contributed by atoms with Gasteiger partial charge in [-0.1, -0.05) is 11.2 Å². The third-order valence-electron chi connectivity index (χ3n) is 4.13. The number of rotatable bonds is 7. The number of hydrogen-bond donors (Lipinski definition) is 2. The van der Waals surface area contributed by atoms with Gasteiger partial charge in [0.05, 0.1) is 15.9 Å². The van der Waals surface area contributed by atoms with E-state index >= 15 is 0 Å². The summed E-state index contributed by atoms with van der Waals surface area (Å²) in [7, 11) is 0. The Morgan fingerprint density at radius 3 is 2.37 bits per heavy atom. The first-order chi connectivity index (χ1) is 14.3.